The van der Waals surface area contributed by atoms with Crippen molar-refractivity contribution in [3.05, 3.63) is 130 Å². The van der Waals surface area contributed by atoms with Gasteiger partial charge in [-0.25, -0.2) is 0 Å². The molecule has 8 heteroatoms. The number of likely N-dealkylation sites (tertiary alicyclic amines) is 2. The van der Waals surface area contributed by atoms with Crippen LogP contribution >= 0.6 is 0 Å². The molecule has 2 fully saturated rings. The number of hydrogen-bond donors (Lipinski definition) is 2. The van der Waals surface area contributed by atoms with Gasteiger partial charge in [0.2, 0.25) is 11.8 Å². The average Bonchev–Trinajstić information content (AvgIpc) is 3.86. The molecule has 0 unspecified atom stereocenters. The molecule has 50 heavy (non-hydrogen) atoms. The van der Waals surface area contributed by atoms with Crippen molar-refractivity contribution < 1.29 is 19.2 Å². The van der Waals surface area contributed by atoms with Gasteiger partial charge in [-0.2, -0.15) is 0 Å². The first-order valence-corrected chi connectivity index (χ1v) is 17.6. The molecule has 2 atom stereocenters. The van der Waals surface area contributed by atoms with E-state index in [1.54, 1.807) is 9.80 Å². The minimum Gasteiger partial charge on any atom is -0.327 e. The van der Waals surface area contributed by atoms with E-state index in [9.17, 15) is 19.2 Å². The molecule has 0 spiro atoms. The van der Waals surface area contributed by atoms with E-state index in [2.05, 4.69) is 10.6 Å². The largest absolute Gasteiger partial charge is 0.327 e. The zero-order chi connectivity index (χ0) is 35.0. The number of nitrogens with one attached hydrogen (secondary N) is 2. The maximum atomic E-state index is 13.4. The lowest BCUT2D eigenvalue weighted by Crippen LogP contribution is -2.43. The quantitative estimate of drug-likeness (QED) is 0.171. The molecule has 4 aromatic rings. The Labute approximate surface area is 294 Å². The maximum Gasteiger partial charge on any atom is 0.254 e. The first-order chi connectivity index (χ1) is 24.4. The van der Waals surface area contributed by atoms with E-state index < -0.39 is 12.1 Å². The minimum absolute atomic E-state index is 0.0859. The SMILES string of the molecule is CCc1ccccc1C(=O)N1CCC[C@@H]1C(=O)Nc1ccc(/C=C/c2ccc(NC(=O)[C@@H]3CCCN3C(=O)c3ccccc3CC)cc2)cc1. The van der Waals surface area contributed by atoms with E-state index in [1.165, 1.54) is 0 Å². The molecule has 2 saturated heterocycles. The first-order valence-electron chi connectivity index (χ1n) is 17.6. The van der Waals surface area contributed by atoms with Crippen molar-refractivity contribution >= 4 is 47.2 Å². The zero-order valence-corrected chi connectivity index (χ0v) is 28.7. The molecular weight excluding hydrogens is 624 g/mol. The third-order valence-corrected chi connectivity index (χ3v) is 9.71. The van der Waals surface area contributed by atoms with Crippen LogP contribution in [-0.4, -0.2) is 58.6 Å². The van der Waals surface area contributed by atoms with Crippen LogP contribution in [0.15, 0.2) is 97.1 Å². The monoisotopic (exact) mass is 668 g/mol. The van der Waals surface area contributed by atoms with E-state index in [4.69, 9.17) is 0 Å². The van der Waals surface area contributed by atoms with Crippen molar-refractivity contribution in [1.29, 1.82) is 0 Å². The second-order valence-corrected chi connectivity index (χ2v) is 12.9. The van der Waals surface area contributed by atoms with Gasteiger partial charge < -0.3 is 20.4 Å². The molecule has 0 aliphatic carbocycles. The summed E-state index contributed by atoms with van der Waals surface area (Å²) in [4.78, 5) is 56.6. The number of nitrogens with zero attached hydrogens (tertiary/aromatic N) is 2. The summed E-state index contributed by atoms with van der Waals surface area (Å²) in [6.07, 6.45) is 8.36. The minimum atomic E-state index is -0.498. The molecular formula is C42H44N4O4. The average molecular weight is 669 g/mol. The second kappa shape index (κ2) is 15.8. The predicted molar refractivity (Wildman–Crippen MR) is 199 cm³/mol. The van der Waals surface area contributed by atoms with Gasteiger partial charge in [-0.15, -0.1) is 0 Å². The highest BCUT2D eigenvalue weighted by molar-refractivity contribution is 6.03. The third kappa shape index (κ3) is 7.70. The van der Waals surface area contributed by atoms with Crippen molar-refractivity contribution in [1.82, 2.24) is 9.80 Å². The Hall–Kier alpha value is -5.50. The fraction of sp³-hybridized carbons (Fsp3) is 0.286. The number of benzene rings is 4. The Morgan fingerprint density at radius 1 is 0.580 bits per heavy atom. The van der Waals surface area contributed by atoms with Crippen LogP contribution in [-0.2, 0) is 22.4 Å². The Bertz CT molecular complexity index is 1750. The summed E-state index contributed by atoms with van der Waals surface area (Å²) in [6.45, 7) is 5.20. The Morgan fingerprint density at radius 3 is 1.34 bits per heavy atom. The number of hydrogen-bond acceptors (Lipinski definition) is 4. The number of carbonyl (C=O) groups excluding carboxylic acids is 4. The Kier molecular flexibility index (Phi) is 10.9. The fourth-order valence-electron chi connectivity index (χ4n) is 6.95. The maximum absolute atomic E-state index is 13.4. The van der Waals surface area contributed by atoms with Crippen LogP contribution in [0.3, 0.4) is 0 Å². The van der Waals surface area contributed by atoms with Crippen molar-refractivity contribution in [2.45, 2.75) is 64.5 Å². The number of carbonyl (C=O) groups is 4. The van der Waals surface area contributed by atoms with Crippen LogP contribution in [0, 0.1) is 0 Å². The molecule has 8 nitrogen and oxygen atoms in total. The molecule has 0 saturated carbocycles. The molecule has 0 aromatic heterocycles. The van der Waals surface area contributed by atoms with Gasteiger partial charge in [-0.3, -0.25) is 19.2 Å². The van der Waals surface area contributed by atoms with Gasteiger partial charge in [0.15, 0.2) is 0 Å². The highest BCUT2D eigenvalue weighted by Crippen LogP contribution is 2.26. The number of rotatable bonds is 10. The van der Waals surface area contributed by atoms with Gasteiger partial charge >= 0.3 is 0 Å². The summed E-state index contributed by atoms with van der Waals surface area (Å²) in [5.41, 5.74) is 6.60. The molecule has 6 rings (SSSR count). The highest BCUT2D eigenvalue weighted by atomic mass is 16.2. The summed E-state index contributed by atoms with van der Waals surface area (Å²) in [7, 11) is 0. The molecule has 256 valence electrons. The van der Waals surface area contributed by atoms with Crippen LogP contribution in [0.4, 0.5) is 11.4 Å². The van der Waals surface area contributed by atoms with Crippen molar-refractivity contribution in [2.24, 2.45) is 0 Å². The second-order valence-electron chi connectivity index (χ2n) is 12.9. The summed E-state index contributed by atoms with van der Waals surface area (Å²) in [5, 5.41) is 6.00. The van der Waals surface area contributed by atoms with E-state index >= 15 is 0 Å². The summed E-state index contributed by atoms with van der Waals surface area (Å²) in [6, 6.07) is 29.4. The van der Waals surface area contributed by atoms with Gasteiger partial charge in [0.1, 0.15) is 12.1 Å². The normalized spacial score (nSPS) is 17.2. The van der Waals surface area contributed by atoms with Gasteiger partial charge in [-0.1, -0.05) is 86.7 Å². The molecule has 2 N–H and O–H groups in total. The topological polar surface area (TPSA) is 98.8 Å². The lowest BCUT2D eigenvalue weighted by molar-refractivity contribution is -0.120. The lowest BCUT2D eigenvalue weighted by atomic mass is 10.0. The molecule has 4 aromatic carbocycles. The van der Waals surface area contributed by atoms with Crippen molar-refractivity contribution in [2.75, 3.05) is 23.7 Å². The standard InChI is InChI=1S/C42H44N4O4/c1-3-31-11-5-7-13-35(31)41(49)45-27-9-15-37(45)39(47)43-33-23-19-29(20-24-33)17-18-30-21-25-34(26-22-30)44-40(48)38-16-10-28-46(38)42(50)36-14-8-6-12-32(36)4-2/h5-8,11-14,17-26,37-38H,3-4,9-10,15-16,27-28H2,1-2H3,(H,43,47)(H,44,48)/b18-17+/t37-,38+. The van der Waals surface area contributed by atoms with Gasteiger partial charge in [0.25, 0.3) is 11.8 Å². The summed E-state index contributed by atoms with van der Waals surface area (Å²) >= 11 is 0. The van der Waals surface area contributed by atoms with Crippen LogP contribution in [0.1, 0.15) is 82.5 Å². The Morgan fingerprint density at radius 2 is 0.960 bits per heavy atom. The summed E-state index contributed by atoms with van der Waals surface area (Å²) in [5.74, 6) is -0.516. The molecule has 2 aliphatic rings. The van der Waals surface area contributed by atoms with Crippen molar-refractivity contribution in [3.63, 3.8) is 0 Å². The van der Waals surface area contributed by atoms with Gasteiger partial charge in [0.05, 0.1) is 0 Å². The lowest BCUT2D eigenvalue weighted by Gasteiger charge is -2.25. The predicted octanol–water partition coefficient (Wildman–Crippen LogP) is 7.47. The van der Waals surface area contributed by atoms with Gasteiger partial charge in [-0.05, 0) is 97.2 Å². The van der Waals surface area contributed by atoms with Gasteiger partial charge in [0, 0.05) is 35.6 Å². The molecule has 0 radical (unpaired) electrons. The number of aryl methyl sites for hydroxylation is 2. The third-order valence-electron chi connectivity index (χ3n) is 9.71. The van der Waals surface area contributed by atoms with E-state index in [1.807, 2.05) is 123 Å². The number of amides is 4. The van der Waals surface area contributed by atoms with E-state index in [0.717, 1.165) is 47.9 Å². The molecule has 2 aliphatic heterocycles. The smallest absolute Gasteiger partial charge is 0.254 e. The molecule has 4 amide bonds. The Balaban J connectivity index is 1.02. The summed E-state index contributed by atoms with van der Waals surface area (Å²) < 4.78 is 0. The number of anilines is 2. The first kappa shape index (κ1) is 34.4. The van der Waals surface area contributed by atoms with Crippen LogP contribution in [0.2, 0.25) is 0 Å². The van der Waals surface area contributed by atoms with E-state index in [0.29, 0.717) is 48.4 Å². The van der Waals surface area contributed by atoms with Crippen LogP contribution < -0.4 is 10.6 Å². The van der Waals surface area contributed by atoms with Crippen LogP contribution in [0.25, 0.3) is 12.2 Å². The zero-order valence-electron chi connectivity index (χ0n) is 28.7. The van der Waals surface area contributed by atoms with Crippen LogP contribution in [0.5, 0.6) is 0 Å². The van der Waals surface area contributed by atoms with E-state index in [-0.39, 0.29) is 23.6 Å². The highest BCUT2D eigenvalue weighted by Gasteiger charge is 2.36. The van der Waals surface area contributed by atoms with Crippen molar-refractivity contribution in [3.8, 4) is 0 Å². The fourth-order valence-corrected chi connectivity index (χ4v) is 6.95. The molecule has 0 bridgehead atoms. The molecule has 2 heterocycles.